The monoisotopic (exact) mass is 432 g/mol. The predicted octanol–water partition coefficient (Wildman–Crippen LogP) is 2.81. The molecule has 29 heavy (non-hydrogen) atoms. The molecule has 0 amide bonds. The Kier molecular flexibility index (Phi) is 4.73. The van der Waals surface area contributed by atoms with E-state index in [1.54, 1.807) is 25.1 Å². The second-order valence-electron chi connectivity index (χ2n) is 6.10. The van der Waals surface area contributed by atoms with Crippen LogP contribution in [-0.4, -0.2) is 24.7 Å². The van der Waals surface area contributed by atoms with Gasteiger partial charge in [-0.25, -0.2) is 9.55 Å². The van der Waals surface area contributed by atoms with Crippen molar-refractivity contribution in [1.29, 1.82) is 0 Å². The lowest BCUT2D eigenvalue weighted by molar-refractivity contribution is 0.415. The average molecular weight is 433 g/mol. The van der Waals surface area contributed by atoms with Gasteiger partial charge in [-0.15, -0.1) is 0 Å². The maximum Gasteiger partial charge on any atom is 0.268 e. The van der Waals surface area contributed by atoms with Crippen molar-refractivity contribution in [3.05, 3.63) is 56.8 Å². The molecule has 3 aromatic heterocycles. The van der Waals surface area contributed by atoms with Crippen LogP contribution in [0.25, 0.3) is 16.7 Å². The smallest absolute Gasteiger partial charge is 0.268 e. The number of nitrogens with one attached hydrogen (secondary N) is 1. The van der Waals surface area contributed by atoms with Gasteiger partial charge in [0.25, 0.3) is 5.56 Å². The standard InChI is InChI=1S/C17H14Cl2N8O2/c1-7(22-14-12(19)13(20)24-17(21)25-14)15-23-9-4-2-3-8(18)11(9)16(28)27(15)10-5-6-29-26-10/h2-7H,1H3,(H5,20,21,22,24,25)/t7-/m0/s1. The molecule has 0 unspecified atom stereocenters. The Morgan fingerprint density at radius 2 is 1.97 bits per heavy atom. The molecule has 0 aliphatic rings. The van der Waals surface area contributed by atoms with Crippen LogP contribution in [-0.2, 0) is 0 Å². The number of fused-ring (bicyclic) bond motifs is 1. The highest BCUT2D eigenvalue weighted by atomic mass is 35.5. The summed E-state index contributed by atoms with van der Waals surface area (Å²) in [7, 11) is 0. The number of anilines is 3. The average Bonchev–Trinajstić information content (AvgIpc) is 3.19. The van der Waals surface area contributed by atoms with Crippen LogP contribution in [0, 0.1) is 0 Å². The van der Waals surface area contributed by atoms with Crippen LogP contribution in [0.3, 0.4) is 0 Å². The summed E-state index contributed by atoms with van der Waals surface area (Å²) in [4.78, 5) is 25.7. The van der Waals surface area contributed by atoms with E-state index in [0.29, 0.717) is 11.3 Å². The lowest BCUT2D eigenvalue weighted by Crippen LogP contribution is -2.28. The molecule has 5 N–H and O–H groups in total. The van der Waals surface area contributed by atoms with Crippen molar-refractivity contribution >= 4 is 51.7 Å². The number of nitrogen functional groups attached to an aromatic ring is 2. The molecule has 1 atom stereocenters. The molecule has 0 aliphatic heterocycles. The Bertz CT molecular complexity index is 1270. The lowest BCUT2D eigenvalue weighted by Gasteiger charge is -2.19. The Morgan fingerprint density at radius 1 is 1.17 bits per heavy atom. The summed E-state index contributed by atoms with van der Waals surface area (Å²) in [5.41, 5.74) is 11.4. The van der Waals surface area contributed by atoms with Crippen molar-refractivity contribution in [3.8, 4) is 5.82 Å². The van der Waals surface area contributed by atoms with E-state index in [2.05, 4.69) is 25.4 Å². The van der Waals surface area contributed by atoms with Gasteiger partial charge in [0.1, 0.15) is 22.9 Å². The molecular formula is C17H14Cl2N8O2. The van der Waals surface area contributed by atoms with Crippen LogP contribution in [0.2, 0.25) is 10.0 Å². The van der Waals surface area contributed by atoms with Gasteiger partial charge in [0.15, 0.2) is 11.6 Å². The van der Waals surface area contributed by atoms with Crippen molar-refractivity contribution in [3.63, 3.8) is 0 Å². The maximum absolute atomic E-state index is 13.2. The van der Waals surface area contributed by atoms with Crippen LogP contribution < -0.4 is 22.3 Å². The molecule has 0 saturated carbocycles. The van der Waals surface area contributed by atoms with Crippen molar-refractivity contribution in [2.45, 2.75) is 13.0 Å². The van der Waals surface area contributed by atoms with Crippen molar-refractivity contribution in [1.82, 2.24) is 24.7 Å². The zero-order valence-corrected chi connectivity index (χ0v) is 16.4. The topological polar surface area (TPSA) is 151 Å². The third-order valence-corrected chi connectivity index (χ3v) is 4.85. The number of nitrogens with two attached hydrogens (primary N) is 2. The van der Waals surface area contributed by atoms with Crippen molar-refractivity contribution < 1.29 is 4.52 Å². The van der Waals surface area contributed by atoms with Gasteiger partial charge in [-0.3, -0.25) is 4.79 Å². The molecule has 0 radical (unpaired) electrons. The zero-order chi connectivity index (χ0) is 20.7. The molecule has 12 heteroatoms. The molecule has 0 spiro atoms. The first-order valence-electron chi connectivity index (χ1n) is 8.33. The summed E-state index contributed by atoms with van der Waals surface area (Å²) in [6.45, 7) is 1.76. The molecular weight excluding hydrogens is 419 g/mol. The molecule has 3 heterocycles. The van der Waals surface area contributed by atoms with E-state index in [0.717, 1.165) is 0 Å². The number of benzene rings is 1. The van der Waals surface area contributed by atoms with E-state index < -0.39 is 11.6 Å². The summed E-state index contributed by atoms with van der Waals surface area (Å²) >= 11 is 12.4. The normalized spacial score (nSPS) is 12.2. The van der Waals surface area contributed by atoms with Gasteiger partial charge in [-0.2, -0.15) is 9.97 Å². The third kappa shape index (κ3) is 3.32. The van der Waals surface area contributed by atoms with Crippen LogP contribution in [0.5, 0.6) is 0 Å². The predicted molar refractivity (Wildman–Crippen MR) is 110 cm³/mol. The van der Waals surface area contributed by atoms with Crippen LogP contribution >= 0.6 is 23.2 Å². The van der Waals surface area contributed by atoms with Crippen molar-refractivity contribution in [2.24, 2.45) is 0 Å². The summed E-state index contributed by atoms with van der Waals surface area (Å²) in [6, 6.07) is 6.00. The quantitative estimate of drug-likeness (QED) is 0.441. The lowest BCUT2D eigenvalue weighted by atomic mass is 10.2. The minimum absolute atomic E-state index is 0.0287. The zero-order valence-electron chi connectivity index (χ0n) is 14.9. The SMILES string of the molecule is C[C@H](Nc1nc(N)nc(N)c1Cl)c1nc2cccc(Cl)c2c(=O)n1-c1ccon1. The van der Waals surface area contributed by atoms with E-state index in [9.17, 15) is 4.79 Å². The van der Waals surface area contributed by atoms with Crippen LogP contribution in [0.1, 0.15) is 18.8 Å². The summed E-state index contributed by atoms with van der Waals surface area (Å²) in [5.74, 6) is 0.761. The van der Waals surface area contributed by atoms with Gasteiger partial charge in [0, 0.05) is 6.07 Å². The first-order valence-corrected chi connectivity index (χ1v) is 9.09. The fraction of sp³-hybridized carbons (Fsp3) is 0.118. The van der Waals surface area contributed by atoms with Gasteiger partial charge in [0.05, 0.1) is 22.0 Å². The van der Waals surface area contributed by atoms with Gasteiger partial charge in [-0.1, -0.05) is 34.4 Å². The second kappa shape index (κ2) is 7.22. The number of hydrogen-bond acceptors (Lipinski definition) is 9. The molecule has 0 fully saturated rings. The molecule has 0 aliphatic carbocycles. The van der Waals surface area contributed by atoms with E-state index in [-0.39, 0.29) is 38.8 Å². The van der Waals surface area contributed by atoms with Gasteiger partial charge >= 0.3 is 0 Å². The minimum Gasteiger partial charge on any atom is -0.382 e. The highest BCUT2D eigenvalue weighted by Gasteiger charge is 2.22. The second-order valence-corrected chi connectivity index (χ2v) is 6.88. The Morgan fingerprint density at radius 3 is 2.69 bits per heavy atom. The summed E-state index contributed by atoms with van der Waals surface area (Å²) in [6.07, 6.45) is 1.35. The maximum atomic E-state index is 13.2. The highest BCUT2D eigenvalue weighted by Crippen LogP contribution is 2.29. The molecule has 10 nitrogen and oxygen atoms in total. The van der Waals surface area contributed by atoms with Gasteiger partial charge < -0.3 is 21.3 Å². The fourth-order valence-corrected chi connectivity index (χ4v) is 3.28. The molecule has 1 aromatic carbocycles. The first kappa shape index (κ1) is 19.0. The van der Waals surface area contributed by atoms with Crippen molar-refractivity contribution in [2.75, 3.05) is 16.8 Å². The Balaban J connectivity index is 1.91. The van der Waals surface area contributed by atoms with E-state index in [1.807, 2.05) is 0 Å². The van der Waals surface area contributed by atoms with Crippen LogP contribution in [0.4, 0.5) is 17.6 Å². The number of hydrogen-bond donors (Lipinski definition) is 3. The third-order valence-electron chi connectivity index (χ3n) is 4.16. The number of aromatic nitrogens is 5. The molecule has 148 valence electrons. The molecule has 0 saturated heterocycles. The van der Waals surface area contributed by atoms with Gasteiger partial charge in [-0.05, 0) is 19.1 Å². The number of rotatable bonds is 4. The minimum atomic E-state index is -0.561. The van der Waals surface area contributed by atoms with E-state index in [4.69, 9.17) is 39.2 Å². The van der Waals surface area contributed by atoms with E-state index in [1.165, 1.54) is 16.9 Å². The van der Waals surface area contributed by atoms with Gasteiger partial charge in [0.2, 0.25) is 5.95 Å². The number of nitrogens with zero attached hydrogens (tertiary/aromatic N) is 5. The first-order chi connectivity index (χ1) is 13.9. The Labute approximate surface area is 173 Å². The molecule has 0 bridgehead atoms. The largest absolute Gasteiger partial charge is 0.382 e. The fourth-order valence-electron chi connectivity index (χ4n) is 2.89. The van der Waals surface area contributed by atoms with E-state index >= 15 is 0 Å². The Hall–Kier alpha value is -3.37. The molecule has 4 aromatic rings. The number of halogens is 2. The summed E-state index contributed by atoms with van der Waals surface area (Å²) < 4.78 is 6.21. The molecule has 4 rings (SSSR count). The van der Waals surface area contributed by atoms with Crippen LogP contribution in [0.15, 0.2) is 39.8 Å². The highest BCUT2D eigenvalue weighted by molar-refractivity contribution is 6.35. The summed E-state index contributed by atoms with van der Waals surface area (Å²) in [5, 5.41) is 7.57.